The largest absolute Gasteiger partial charge is 0.472 e. The minimum atomic E-state index is -4.97. The molecule has 3 unspecified atom stereocenters. The number of hydrogen-bond acceptors (Lipinski definition) is 15. The van der Waals surface area contributed by atoms with E-state index in [-0.39, 0.29) is 25.7 Å². The Morgan fingerprint density at radius 2 is 0.486 bits per heavy atom. The average Bonchev–Trinajstić information content (AvgIpc) is 0.927. The molecule has 0 saturated heterocycles. The molecule has 0 aromatic carbocycles. The number of unbranched alkanes of at least 4 members (excludes halogenated alkanes) is 51. The highest BCUT2D eigenvalue weighted by Gasteiger charge is 2.30. The van der Waals surface area contributed by atoms with Crippen LogP contribution in [0, 0.1) is 17.8 Å². The van der Waals surface area contributed by atoms with Gasteiger partial charge in [0.15, 0.2) is 12.2 Å². The summed E-state index contributed by atoms with van der Waals surface area (Å²) in [7, 11) is -9.93. The number of hydrogen-bond donors (Lipinski definition) is 3. The Balaban J connectivity index is 5.23. The molecule has 0 saturated carbocycles. The van der Waals surface area contributed by atoms with Gasteiger partial charge in [-0.3, -0.25) is 37.3 Å². The summed E-state index contributed by atoms with van der Waals surface area (Å²) in [5.74, 6) is 0.229. The molecule has 0 aromatic heterocycles. The van der Waals surface area contributed by atoms with Crippen molar-refractivity contribution < 1.29 is 80.2 Å². The van der Waals surface area contributed by atoms with Crippen LogP contribution in [-0.2, 0) is 65.4 Å². The van der Waals surface area contributed by atoms with Crippen LogP contribution in [0.3, 0.4) is 0 Å². The molecule has 3 N–H and O–H groups in total. The van der Waals surface area contributed by atoms with Crippen molar-refractivity contribution in [3.8, 4) is 0 Å². The van der Waals surface area contributed by atoms with E-state index < -0.39 is 97.5 Å². The molecule has 0 rings (SSSR count). The molecule has 0 heterocycles. The average molecular weight is 1540 g/mol. The third-order valence-corrected chi connectivity index (χ3v) is 22.4. The van der Waals surface area contributed by atoms with Crippen LogP contribution >= 0.6 is 15.6 Å². The third kappa shape index (κ3) is 78.5. The quantitative estimate of drug-likeness (QED) is 0.0222. The fourth-order valence-electron chi connectivity index (χ4n) is 13.3. The van der Waals surface area contributed by atoms with Gasteiger partial charge in [-0.1, -0.05) is 402 Å². The summed E-state index contributed by atoms with van der Waals surface area (Å²) >= 11 is 0. The van der Waals surface area contributed by atoms with Gasteiger partial charge in [-0.25, -0.2) is 9.13 Å². The molecule has 0 aliphatic rings. The predicted octanol–water partition coefficient (Wildman–Crippen LogP) is 26.1. The van der Waals surface area contributed by atoms with Crippen molar-refractivity contribution in [2.75, 3.05) is 39.6 Å². The molecule has 0 amide bonds. The fraction of sp³-hybridized carbons (Fsp3) is 0.953. The van der Waals surface area contributed by atoms with Gasteiger partial charge in [0, 0.05) is 25.7 Å². The van der Waals surface area contributed by atoms with E-state index in [0.29, 0.717) is 25.7 Å². The Hall–Kier alpha value is -1.94. The first-order chi connectivity index (χ1) is 50.8. The lowest BCUT2D eigenvalue weighted by Crippen LogP contribution is -2.30. The van der Waals surface area contributed by atoms with Gasteiger partial charge in [-0.05, 0) is 43.4 Å². The molecule has 0 aliphatic heterocycles. The molecule has 105 heavy (non-hydrogen) atoms. The minimum absolute atomic E-state index is 0.106. The first-order valence-electron chi connectivity index (χ1n) is 44.4. The van der Waals surface area contributed by atoms with Gasteiger partial charge in [0.25, 0.3) is 0 Å². The van der Waals surface area contributed by atoms with Crippen LogP contribution in [0.25, 0.3) is 0 Å². The molecule has 0 spiro atoms. The number of aliphatic hydroxyl groups excluding tert-OH is 1. The second kappa shape index (κ2) is 76.1. The Kier molecular flexibility index (Phi) is 74.7. The standard InChI is InChI=1S/C86H168O17P2/c1-8-10-11-12-13-14-15-16-17-18-19-20-21-22-23-26-30-33-39-48-55-62-69-85(90)102-81(73-96-83(88)67-60-53-46-38-32-29-27-24-25-28-31-36-43-50-57-64-77(3)4)75-100-104(92,93)98-71-80(87)72-99-105(94,95)101-76-82(74-97-84(89)68-61-54-47-42-41-44-51-58-65-78(5)6)103-86(91)70-63-56-49-40-35-34-37-45-52-59-66-79(7)9-2/h77-82,87H,8-76H2,1-7H3,(H,92,93)(H,94,95)/t79?,80-,81-,82-/m1/s1. The van der Waals surface area contributed by atoms with Crippen LogP contribution < -0.4 is 0 Å². The highest BCUT2D eigenvalue weighted by Crippen LogP contribution is 2.45. The number of phosphoric acid groups is 2. The second-order valence-electron chi connectivity index (χ2n) is 32.1. The number of carbonyl (C=O) groups is 4. The van der Waals surface area contributed by atoms with Gasteiger partial charge < -0.3 is 33.8 Å². The molecule has 6 atom stereocenters. The molecule has 0 bridgehead atoms. The Labute approximate surface area is 645 Å². The van der Waals surface area contributed by atoms with Crippen molar-refractivity contribution in [3.05, 3.63) is 0 Å². The summed E-state index contributed by atoms with van der Waals surface area (Å²) in [5, 5.41) is 10.7. The molecule has 0 radical (unpaired) electrons. The number of aliphatic hydroxyl groups is 1. The molecular formula is C86H168O17P2. The van der Waals surface area contributed by atoms with Gasteiger partial charge in [0.2, 0.25) is 0 Å². The summed E-state index contributed by atoms with van der Waals surface area (Å²) in [6, 6.07) is 0. The maximum atomic E-state index is 13.1. The molecule has 0 aromatic rings. The van der Waals surface area contributed by atoms with Gasteiger partial charge in [-0.15, -0.1) is 0 Å². The van der Waals surface area contributed by atoms with Crippen molar-refractivity contribution in [1.29, 1.82) is 0 Å². The first-order valence-corrected chi connectivity index (χ1v) is 47.4. The smallest absolute Gasteiger partial charge is 0.462 e. The summed E-state index contributed by atoms with van der Waals surface area (Å²) in [6.45, 7) is 12.0. The van der Waals surface area contributed by atoms with Crippen LogP contribution in [-0.4, -0.2) is 96.7 Å². The lowest BCUT2D eigenvalue weighted by molar-refractivity contribution is -0.161. The van der Waals surface area contributed by atoms with Crippen LogP contribution in [0.2, 0.25) is 0 Å². The Morgan fingerprint density at radius 3 is 0.724 bits per heavy atom. The Bertz CT molecular complexity index is 2030. The van der Waals surface area contributed by atoms with E-state index in [2.05, 4.69) is 48.5 Å². The zero-order valence-corrected chi connectivity index (χ0v) is 71.0. The van der Waals surface area contributed by atoms with E-state index in [1.54, 1.807) is 0 Å². The number of phosphoric ester groups is 2. The van der Waals surface area contributed by atoms with Gasteiger partial charge >= 0.3 is 39.5 Å². The number of ether oxygens (including phenoxy) is 4. The van der Waals surface area contributed by atoms with Crippen LogP contribution in [0.1, 0.15) is 453 Å². The topological polar surface area (TPSA) is 237 Å². The molecular weight excluding hydrogens is 1370 g/mol. The molecule has 0 fully saturated rings. The minimum Gasteiger partial charge on any atom is -0.462 e. The number of esters is 4. The SMILES string of the molecule is CCCCCCCCCCCCCCCCCCCCCCCCC(=O)O[C@H](COC(=O)CCCCCCCCCCCCCCCCCC(C)C)COP(=O)(O)OC[C@@H](O)COP(=O)(O)OC[C@@H](COC(=O)CCCCCCCCCCC(C)C)OC(=O)CCCCCCCCCCCCC(C)CC. The third-order valence-electron chi connectivity index (χ3n) is 20.5. The molecule has 17 nitrogen and oxygen atoms in total. The normalized spacial score (nSPS) is 14.1. The highest BCUT2D eigenvalue weighted by molar-refractivity contribution is 7.47. The predicted molar refractivity (Wildman–Crippen MR) is 432 cm³/mol. The van der Waals surface area contributed by atoms with Crippen molar-refractivity contribution >= 4 is 39.5 Å². The van der Waals surface area contributed by atoms with E-state index in [4.69, 9.17) is 37.0 Å². The number of carbonyl (C=O) groups excluding carboxylic acids is 4. The van der Waals surface area contributed by atoms with E-state index in [9.17, 15) is 43.2 Å². The van der Waals surface area contributed by atoms with Crippen LogP contribution in [0.4, 0.5) is 0 Å². The lowest BCUT2D eigenvalue weighted by Gasteiger charge is -2.21. The van der Waals surface area contributed by atoms with Crippen molar-refractivity contribution in [1.82, 2.24) is 0 Å². The fourth-order valence-corrected chi connectivity index (χ4v) is 14.9. The molecule has 0 aliphatic carbocycles. The highest BCUT2D eigenvalue weighted by atomic mass is 31.2. The maximum absolute atomic E-state index is 13.1. The molecule has 19 heteroatoms. The van der Waals surface area contributed by atoms with E-state index >= 15 is 0 Å². The van der Waals surface area contributed by atoms with Crippen molar-refractivity contribution in [3.63, 3.8) is 0 Å². The van der Waals surface area contributed by atoms with E-state index in [1.807, 2.05) is 0 Å². The van der Waals surface area contributed by atoms with Gasteiger partial charge in [0.1, 0.15) is 19.3 Å². The van der Waals surface area contributed by atoms with Gasteiger partial charge in [-0.2, -0.15) is 0 Å². The molecule has 624 valence electrons. The van der Waals surface area contributed by atoms with Crippen LogP contribution in [0.5, 0.6) is 0 Å². The van der Waals surface area contributed by atoms with Crippen LogP contribution in [0.15, 0.2) is 0 Å². The maximum Gasteiger partial charge on any atom is 0.472 e. The van der Waals surface area contributed by atoms with Crippen molar-refractivity contribution in [2.24, 2.45) is 17.8 Å². The monoisotopic (exact) mass is 1540 g/mol. The zero-order chi connectivity index (χ0) is 77.2. The second-order valence-corrected chi connectivity index (χ2v) is 35.0. The van der Waals surface area contributed by atoms with E-state index in [0.717, 1.165) is 108 Å². The number of rotatable bonds is 84. The lowest BCUT2D eigenvalue weighted by atomic mass is 9.99. The zero-order valence-electron chi connectivity index (χ0n) is 69.2. The summed E-state index contributed by atoms with van der Waals surface area (Å²) in [5.41, 5.74) is 0. The first kappa shape index (κ1) is 103. The summed E-state index contributed by atoms with van der Waals surface area (Å²) in [6.07, 6.45) is 66.7. The Morgan fingerprint density at radius 1 is 0.276 bits per heavy atom. The van der Waals surface area contributed by atoms with E-state index in [1.165, 1.54) is 263 Å². The summed E-state index contributed by atoms with van der Waals surface area (Å²) < 4.78 is 68.9. The van der Waals surface area contributed by atoms with Gasteiger partial charge in [0.05, 0.1) is 26.4 Å². The van der Waals surface area contributed by atoms with Crippen molar-refractivity contribution in [2.45, 2.75) is 471 Å². The summed E-state index contributed by atoms with van der Waals surface area (Å²) in [4.78, 5) is 73.2.